The Labute approximate surface area is 128 Å². The molecule has 0 saturated carbocycles. The van der Waals surface area contributed by atoms with E-state index in [1.807, 2.05) is 6.07 Å². The molecule has 2 rings (SSSR count). The Morgan fingerprint density at radius 1 is 1.10 bits per heavy atom. The summed E-state index contributed by atoms with van der Waals surface area (Å²) in [6, 6.07) is 10.6. The number of allylic oxidation sites excluding steroid dienone is 3. The summed E-state index contributed by atoms with van der Waals surface area (Å²) >= 11 is 0. The molecule has 21 heavy (non-hydrogen) atoms. The van der Waals surface area contributed by atoms with Gasteiger partial charge in [-0.15, -0.1) is 0 Å². The van der Waals surface area contributed by atoms with Crippen molar-refractivity contribution in [1.29, 1.82) is 0 Å². The van der Waals surface area contributed by atoms with Crippen LogP contribution >= 0.6 is 0 Å². The van der Waals surface area contributed by atoms with Crippen molar-refractivity contribution in [2.24, 2.45) is 10.2 Å². The Hall–Kier alpha value is -1.70. The molecule has 0 radical (unpaired) electrons. The lowest BCUT2D eigenvalue weighted by Gasteiger charge is -2.17. The number of azo groups is 1. The maximum atomic E-state index is 4.66. The van der Waals surface area contributed by atoms with E-state index >= 15 is 0 Å². The minimum absolute atomic E-state index is 0.120. The zero-order valence-corrected chi connectivity index (χ0v) is 13.9. The molecule has 0 fully saturated rings. The van der Waals surface area contributed by atoms with Crippen molar-refractivity contribution in [3.63, 3.8) is 0 Å². The fourth-order valence-electron chi connectivity index (χ4n) is 2.47. The van der Waals surface area contributed by atoms with Gasteiger partial charge in [0.2, 0.25) is 0 Å². The van der Waals surface area contributed by atoms with Crippen molar-refractivity contribution in [2.45, 2.75) is 59.0 Å². The van der Waals surface area contributed by atoms with Gasteiger partial charge in [0, 0.05) is 0 Å². The van der Waals surface area contributed by atoms with Crippen LogP contribution in [0.4, 0.5) is 0 Å². The van der Waals surface area contributed by atoms with Crippen LogP contribution in [0.5, 0.6) is 0 Å². The second kappa shape index (κ2) is 6.38. The summed E-state index contributed by atoms with van der Waals surface area (Å²) in [6.45, 7) is 10.7. The van der Waals surface area contributed by atoms with E-state index in [1.54, 1.807) is 0 Å². The van der Waals surface area contributed by atoms with Crippen LogP contribution in [0, 0.1) is 0 Å². The lowest BCUT2D eigenvalue weighted by Crippen LogP contribution is -2.09. The zero-order valence-electron chi connectivity index (χ0n) is 13.9. The quantitative estimate of drug-likeness (QED) is 0.602. The van der Waals surface area contributed by atoms with Crippen LogP contribution < -0.4 is 0 Å². The van der Waals surface area contributed by atoms with E-state index in [4.69, 9.17) is 0 Å². The number of hydrogen-bond donors (Lipinski definition) is 0. The maximum absolute atomic E-state index is 4.66. The molecule has 0 aliphatic heterocycles. The van der Waals surface area contributed by atoms with Gasteiger partial charge in [-0.25, -0.2) is 0 Å². The van der Waals surface area contributed by atoms with Crippen molar-refractivity contribution in [2.75, 3.05) is 0 Å². The Balaban J connectivity index is 2.24. The molecule has 1 unspecified atom stereocenters. The van der Waals surface area contributed by atoms with Gasteiger partial charge in [0.25, 0.3) is 0 Å². The Kier molecular flexibility index (Phi) is 4.76. The molecule has 112 valence electrons. The highest BCUT2D eigenvalue weighted by molar-refractivity contribution is 5.40. The summed E-state index contributed by atoms with van der Waals surface area (Å²) in [5.41, 5.74) is 5.45. The van der Waals surface area contributed by atoms with Crippen LogP contribution in [0.15, 0.2) is 63.4 Å². The zero-order chi connectivity index (χ0) is 15.5. The third-order valence-electron chi connectivity index (χ3n) is 3.90. The van der Waals surface area contributed by atoms with Crippen molar-refractivity contribution >= 4 is 0 Å². The highest BCUT2D eigenvalue weighted by Gasteiger charge is 2.18. The molecule has 2 nitrogen and oxygen atoms in total. The molecule has 0 aromatic heterocycles. The summed E-state index contributed by atoms with van der Waals surface area (Å²) in [6.07, 6.45) is 4.34. The molecule has 1 atom stereocenters. The van der Waals surface area contributed by atoms with Crippen LogP contribution in [0.1, 0.15) is 59.1 Å². The predicted molar refractivity (Wildman–Crippen MR) is 89.5 cm³/mol. The molecule has 0 N–H and O–H groups in total. The van der Waals surface area contributed by atoms with Gasteiger partial charge in [-0.1, -0.05) is 47.6 Å². The SMILES string of the molecule is CC1=CCC(CC(N=NC(C)(C)C)c2ccccc2)=C1C. The largest absolute Gasteiger partial charge is 0.188 e. The molecule has 0 saturated heterocycles. The van der Waals surface area contributed by atoms with E-state index in [0.29, 0.717) is 0 Å². The van der Waals surface area contributed by atoms with Gasteiger partial charge < -0.3 is 0 Å². The van der Waals surface area contributed by atoms with Crippen LogP contribution in [-0.4, -0.2) is 5.54 Å². The van der Waals surface area contributed by atoms with E-state index in [0.717, 1.165) is 12.8 Å². The monoisotopic (exact) mass is 282 g/mol. The summed E-state index contributed by atoms with van der Waals surface area (Å²) < 4.78 is 0. The molecule has 2 heteroatoms. The first-order valence-electron chi connectivity index (χ1n) is 7.69. The first-order valence-corrected chi connectivity index (χ1v) is 7.69. The number of rotatable bonds is 4. The minimum atomic E-state index is -0.125. The highest BCUT2D eigenvalue weighted by Crippen LogP contribution is 2.34. The van der Waals surface area contributed by atoms with E-state index in [1.165, 1.54) is 22.3 Å². The predicted octanol–water partition coefficient (Wildman–Crippen LogP) is 6.04. The van der Waals surface area contributed by atoms with Crippen LogP contribution in [0.25, 0.3) is 0 Å². The molecule has 0 heterocycles. The average molecular weight is 282 g/mol. The van der Waals surface area contributed by atoms with Gasteiger partial charge in [0.1, 0.15) is 0 Å². The first-order chi connectivity index (χ1) is 9.87. The van der Waals surface area contributed by atoms with Crippen molar-refractivity contribution in [3.8, 4) is 0 Å². The molecule has 0 spiro atoms. The summed E-state index contributed by atoms with van der Waals surface area (Å²) in [7, 11) is 0. The molecule has 1 aliphatic rings. The number of benzene rings is 1. The normalized spacial score (nSPS) is 17.5. The second-order valence-corrected chi connectivity index (χ2v) is 6.84. The van der Waals surface area contributed by atoms with E-state index < -0.39 is 0 Å². The van der Waals surface area contributed by atoms with Crippen molar-refractivity contribution in [3.05, 3.63) is 58.7 Å². The lowest BCUT2D eigenvalue weighted by molar-refractivity contribution is 0.509. The third-order valence-corrected chi connectivity index (χ3v) is 3.90. The van der Waals surface area contributed by atoms with Crippen LogP contribution in [0.2, 0.25) is 0 Å². The fraction of sp³-hybridized carbons (Fsp3) is 0.474. The molecule has 0 bridgehead atoms. The van der Waals surface area contributed by atoms with Gasteiger partial charge >= 0.3 is 0 Å². The smallest absolute Gasteiger partial charge is 0.0995 e. The van der Waals surface area contributed by atoms with Crippen LogP contribution in [0.3, 0.4) is 0 Å². The van der Waals surface area contributed by atoms with E-state index in [-0.39, 0.29) is 11.6 Å². The summed E-state index contributed by atoms with van der Waals surface area (Å²) in [5, 5.41) is 9.16. The molecular formula is C19H26N2. The standard InChI is InChI=1S/C19H26N2/c1-14-11-12-17(15(14)2)13-18(20-21-19(3,4)5)16-9-7-6-8-10-16/h6-11,18H,12-13H2,1-5H3. The topological polar surface area (TPSA) is 24.7 Å². The van der Waals surface area contributed by atoms with E-state index in [9.17, 15) is 0 Å². The van der Waals surface area contributed by atoms with Gasteiger partial charge in [-0.2, -0.15) is 10.2 Å². The second-order valence-electron chi connectivity index (χ2n) is 6.84. The molecule has 0 amide bonds. The third kappa shape index (κ3) is 4.38. The van der Waals surface area contributed by atoms with E-state index in [2.05, 4.69) is 75.2 Å². The first kappa shape index (κ1) is 15.7. The Bertz CT molecular complexity index is 571. The molecule has 1 aromatic rings. The minimum Gasteiger partial charge on any atom is -0.188 e. The maximum Gasteiger partial charge on any atom is 0.0995 e. The molecule has 1 aromatic carbocycles. The highest BCUT2D eigenvalue weighted by atomic mass is 15.2. The Morgan fingerprint density at radius 3 is 2.29 bits per heavy atom. The summed E-state index contributed by atoms with van der Waals surface area (Å²) in [4.78, 5) is 0. The van der Waals surface area contributed by atoms with Gasteiger partial charge in [0.15, 0.2) is 0 Å². The Morgan fingerprint density at radius 2 is 1.76 bits per heavy atom. The van der Waals surface area contributed by atoms with Crippen molar-refractivity contribution < 1.29 is 0 Å². The number of hydrogen-bond acceptors (Lipinski definition) is 2. The van der Waals surface area contributed by atoms with Crippen molar-refractivity contribution in [1.82, 2.24) is 0 Å². The van der Waals surface area contributed by atoms with Gasteiger partial charge in [-0.3, -0.25) is 0 Å². The van der Waals surface area contributed by atoms with Crippen LogP contribution in [-0.2, 0) is 0 Å². The van der Waals surface area contributed by atoms with Gasteiger partial charge in [0.05, 0.1) is 11.6 Å². The molecular weight excluding hydrogens is 256 g/mol. The average Bonchev–Trinajstić information content (AvgIpc) is 2.75. The fourth-order valence-corrected chi connectivity index (χ4v) is 2.47. The molecule has 1 aliphatic carbocycles. The van der Waals surface area contributed by atoms with Gasteiger partial charge in [-0.05, 0) is 58.6 Å². The number of nitrogens with zero attached hydrogens (tertiary/aromatic N) is 2. The summed E-state index contributed by atoms with van der Waals surface area (Å²) in [5.74, 6) is 0. The lowest BCUT2D eigenvalue weighted by atomic mass is 9.96.